The Bertz CT molecular complexity index is 739. The summed E-state index contributed by atoms with van der Waals surface area (Å²) in [7, 11) is 0. The molecule has 126 valence electrons. The predicted octanol–water partition coefficient (Wildman–Crippen LogP) is 2.86. The third-order valence-corrected chi connectivity index (χ3v) is 3.61. The highest BCUT2D eigenvalue weighted by atomic mass is 35.5. The molecule has 2 aromatic heterocycles. The van der Waals surface area contributed by atoms with Gasteiger partial charge in [0.15, 0.2) is 6.10 Å². The van der Waals surface area contributed by atoms with Gasteiger partial charge in [-0.15, -0.1) is 0 Å². The van der Waals surface area contributed by atoms with Crippen LogP contribution in [-0.4, -0.2) is 34.9 Å². The maximum atomic E-state index is 13.0. The van der Waals surface area contributed by atoms with Gasteiger partial charge in [0, 0.05) is 24.4 Å². The van der Waals surface area contributed by atoms with Crippen LogP contribution in [0, 0.1) is 12.9 Å². The molecule has 0 radical (unpaired) electrons. The summed E-state index contributed by atoms with van der Waals surface area (Å²) < 4.78 is 18.9. The molecule has 0 saturated carbocycles. The van der Waals surface area contributed by atoms with E-state index in [4.69, 9.17) is 21.4 Å². The lowest BCUT2D eigenvalue weighted by Crippen LogP contribution is -2.21. The molecular weight excluding hydrogens is 335 g/mol. The molecule has 3 rings (SSSR count). The predicted molar refractivity (Wildman–Crippen MR) is 88.4 cm³/mol. The van der Waals surface area contributed by atoms with E-state index < -0.39 is 5.95 Å². The summed E-state index contributed by atoms with van der Waals surface area (Å²) in [5.74, 6) is 0.0567. The van der Waals surface area contributed by atoms with Crippen molar-refractivity contribution < 1.29 is 14.0 Å². The second-order valence-electron chi connectivity index (χ2n) is 5.44. The van der Waals surface area contributed by atoms with Crippen molar-refractivity contribution in [3.8, 4) is 17.0 Å². The fourth-order valence-electron chi connectivity index (χ4n) is 2.33. The van der Waals surface area contributed by atoms with Crippen LogP contribution in [0.5, 0.6) is 5.75 Å². The third-order valence-electron chi connectivity index (χ3n) is 3.48. The number of oxime groups is 1. The van der Waals surface area contributed by atoms with E-state index in [1.165, 1.54) is 12.3 Å². The monoisotopic (exact) mass is 350 g/mol. The molecule has 0 aromatic carbocycles. The number of aryl methyl sites for hydroxylation is 1. The van der Waals surface area contributed by atoms with Gasteiger partial charge in [0.1, 0.15) is 18.1 Å². The summed E-state index contributed by atoms with van der Waals surface area (Å²) >= 11 is 5.46. The second kappa shape index (κ2) is 7.55. The molecule has 1 atom stereocenters. The summed E-state index contributed by atoms with van der Waals surface area (Å²) in [6, 6.07) is 4.79. The number of nitrogens with one attached hydrogen (secondary N) is 1. The largest absolute Gasteiger partial charge is 0.487 e. The van der Waals surface area contributed by atoms with Crippen LogP contribution in [0.1, 0.15) is 12.0 Å². The average Bonchev–Trinajstić information content (AvgIpc) is 3.02. The normalized spacial score (nSPS) is 16.6. The Kier molecular flexibility index (Phi) is 5.22. The molecule has 24 heavy (non-hydrogen) atoms. The maximum Gasteiger partial charge on any atom is 0.212 e. The number of halogens is 2. The van der Waals surface area contributed by atoms with Gasteiger partial charge in [0.2, 0.25) is 5.95 Å². The SMILES string of the molecule is Cc1cnc(-c2ccc(F)nc2)c(OCC2CC(CNCl)=NO2)c1. The van der Waals surface area contributed by atoms with E-state index in [1.54, 1.807) is 12.3 Å². The van der Waals surface area contributed by atoms with Crippen LogP contribution in [-0.2, 0) is 4.84 Å². The molecule has 1 aliphatic rings. The molecule has 0 saturated heterocycles. The fourth-order valence-corrected chi connectivity index (χ4v) is 2.48. The van der Waals surface area contributed by atoms with Gasteiger partial charge in [-0.2, -0.15) is 4.39 Å². The van der Waals surface area contributed by atoms with Crippen LogP contribution in [0.3, 0.4) is 0 Å². The molecule has 2 aromatic rings. The molecule has 0 spiro atoms. The van der Waals surface area contributed by atoms with E-state index >= 15 is 0 Å². The molecule has 1 N–H and O–H groups in total. The van der Waals surface area contributed by atoms with E-state index in [2.05, 4.69) is 20.0 Å². The van der Waals surface area contributed by atoms with E-state index in [-0.39, 0.29) is 6.10 Å². The van der Waals surface area contributed by atoms with Crippen LogP contribution >= 0.6 is 11.8 Å². The van der Waals surface area contributed by atoms with Crippen LogP contribution in [0.15, 0.2) is 35.7 Å². The lowest BCUT2D eigenvalue weighted by atomic mass is 10.1. The van der Waals surface area contributed by atoms with E-state index in [0.717, 1.165) is 11.3 Å². The van der Waals surface area contributed by atoms with Crippen molar-refractivity contribution in [2.24, 2.45) is 5.16 Å². The molecule has 0 bridgehead atoms. The van der Waals surface area contributed by atoms with Crippen LogP contribution < -0.4 is 9.57 Å². The van der Waals surface area contributed by atoms with Gasteiger partial charge < -0.3 is 9.57 Å². The molecule has 0 aliphatic carbocycles. The zero-order chi connectivity index (χ0) is 16.9. The van der Waals surface area contributed by atoms with Gasteiger partial charge in [-0.3, -0.25) is 4.98 Å². The number of ether oxygens (including phenoxy) is 1. The minimum absolute atomic E-state index is 0.176. The van der Waals surface area contributed by atoms with Crippen molar-refractivity contribution in [2.75, 3.05) is 13.2 Å². The molecule has 1 aliphatic heterocycles. The first kappa shape index (κ1) is 16.6. The first-order valence-corrected chi connectivity index (χ1v) is 7.80. The van der Waals surface area contributed by atoms with Crippen molar-refractivity contribution in [3.63, 3.8) is 0 Å². The Labute approximate surface area is 143 Å². The van der Waals surface area contributed by atoms with Crippen LogP contribution in [0.25, 0.3) is 11.3 Å². The number of rotatable bonds is 6. The first-order valence-electron chi connectivity index (χ1n) is 7.42. The second-order valence-corrected chi connectivity index (χ2v) is 5.71. The van der Waals surface area contributed by atoms with Crippen LogP contribution in [0.2, 0.25) is 0 Å². The van der Waals surface area contributed by atoms with Gasteiger partial charge in [0.25, 0.3) is 0 Å². The van der Waals surface area contributed by atoms with E-state index in [9.17, 15) is 4.39 Å². The van der Waals surface area contributed by atoms with Crippen LogP contribution in [0.4, 0.5) is 4.39 Å². The highest BCUT2D eigenvalue weighted by molar-refractivity contribution is 6.14. The van der Waals surface area contributed by atoms with Gasteiger partial charge >= 0.3 is 0 Å². The molecule has 8 heteroatoms. The number of nitrogens with zero attached hydrogens (tertiary/aromatic N) is 3. The minimum Gasteiger partial charge on any atom is -0.487 e. The highest BCUT2D eigenvalue weighted by Gasteiger charge is 2.22. The summed E-state index contributed by atoms with van der Waals surface area (Å²) in [4.78, 5) is 15.9. The molecule has 0 amide bonds. The number of hydrogen-bond acceptors (Lipinski definition) is 6. The molecule has 0 fully saturated rings. The molecule has 3 heterocycles. The van der Waals surface area contributed by atoms with Crippen molar-refractivity contribution in [1.29, 1.82) is 0 Å². The minimum atomic E-state index is -0.537. The van der Waals surface area contributed by atoms with Crippen molar-refractivity contribution in [1.82, 2.24) is 14.8 Å². The van der Waals surface area contributed by atoms with Crippen molar-refractivity contribution in [2.45, 2.75) is 19.4 Å². The summed E-state index contributed by atoms with van der Waals surface area (Å²) in [5, 5.41) is 3.95. The Morgan fingerprint density at radius 3 is 3.00 bits per heavy atom. The topological polar surface area (TPSA) is 68.6 Å². The van der Waals surface area contributed by atoms with Gasteiger partial charge in [-0.1, -0.05) is 5.16 Å². The van der Waals surface area contributed by atoms with Gasteiger partial charge in [0.05, 0.1) is 12.3 Å². The zero-order valence-electron chi connectivity index (χ0n) is 13.0. The zero-order valence-corrected chi connectivity index (χ0v) is 13.8. The summed E-state index contributed by atoms with van der Waals surface area (Å²) in [5.41, 5.74) is 3.08. The Morgan fingerprint density at radius 2 is 2.25 bits per heavy atom. The van der Waals surface area contributed by atoms with Gasteiger partial charge in [-0.25, -0.2) is 9.82 Å². The number of hydrogen-bond donors (Lipinski definition) is 1. The Hall–Kier alpha value is -2.25. The number of pyridine rings is 2. The van der Waals surface area contributed by atoms with E-state index in [1.807, 2.05) is 13.0 Å². The fraction of sp³-hybridized carbons (Fsp3) is 0.312. The average molecular weight is 351 g/mol. The lowest BCUT2D eigenvalue weighted by Gasteiger charge is -2.14. The smallest absolute Gasteiger partial charge is 0.212 e. The molecule has 1 unspecified atom stereocenters. The Morgan fingerprint density at radius 1 is 1.38 bits per heavy atom. The highest BCUT2D eigenvalue weighted by Crippen LogP contribution is 2.28. The quantitative estimate of drug-likeness (QED) is 0.641. The van der Waals surface area contributed by atoms with Crippen molar-refractivity contribution >= 4 is 17.5 Å². The lowest BCUT2D eigenvalue weighted by molar-refractivity contribution is 0.0471. The van der Waals surface area contributed by atoms with Gasteiger partial charge in [-0.05, 0) is 42.5 Å². The standard InChI is InChI=1S/C16H16ClFN4O2/c1-10-4-14(23-9-13-5-12(8-21-17)22-24-13)16(20-6-10)11-2-3-15(18)19-7-11/h2-4,6-7,13,21H,5,8-9H2,1H3. The summed E-state index contributed by atoms with van der Waals surface area (Å²) in [6.45, 7) is 2.71. The van der Waals surface area contributed by atoms with E-state index in [0.29, 0.717) is 36.6 Å². The van der Waals surface area contributed by atoms with Crippen molar-refractivity contribution in [3.05, 3.63) is 42.1 Å². The Balaban J connectivity index is 1.71. The molecular formula is C16H16ClFN4O2. The molecule has 6 nitrogen and oxygen atoms in total. The maximum absolute atomic E-state index is 13.0. The first-order chi connectivity index (χ1) is 11.7. The number of aromatic nitrogens is 2. The summed E-state index contributed by atoms with van der Waals surface area (Å²) in [6.07, 6.45) is 3.63. The third kappa shape index (κ3) is 3.98.